The predicted octanol–water partition coefficient (Wildman–Crippen LogP) is 2.44. The minimum absolute atomic E-state index is 0.629. The lowest BCUT2D eigenvalue weighted by Gasteiger charge is -2.11. The lowest BCUT2D eigenvalue weighted by atomic mass is 9.97. The van der Waals surface area contributed by atoms with Crippen LogP contribution in [0.25, 0.3) is 11.4 Å². The predicted molar refractivity (Wildman–Crippen MR) is 73.3 cm³/mol. The van der Waals surface area contributed by atoms with E-state index in [-0.39, 0.29) is 0 Å². The summed E-state index contributed by atoms with van der Waals surface area (Å²) in [6.45, 7) is 2.93. The Morgan fingerprint density at radius 2 is 2.05 bits per heavy atom. The van der Waals surface area contributed by atoms with Gasteiger partial charge in [0, 0.05) is 24.4 Å². The molecule has 1 unspecified atom stereocenters. The highest BCUT2D eigenvalue weighted by atomic mass is 16.5. The molecule has 0 saturated heterocycles. The van der Waals surface area contributed by atoms with E-state index in [1.54, 1.807) is 12.4 Å². The Morgan fingerprint density at radius 3 is 2.74 bits per heavy atom. The van der Waals surface area contributed by atoms with Crippen molar-refractivity contribution in [3.05, 3.63) is 30.4 Å². The van der Waals surface area contributed by atoms with Crippen LogP contribution in [0.4, 0.5) is 0 Å². The molecular weight excluding hydrogens is 240 g/mol. The van der Waals surface area contributed by atoms with E-state index in [0.29, 0.717) is 17.6 Å². The fraction of sp³-hybridized carbons (Fsp3) is 0.500. The average Bonchev–Trinajstić information content (AvgIpc) is 2.93. The zero-order valence-corrected chi connectivity index (χ0v) is 11.2. The van der Waals surface area contributed by atoms with E-state index in [2.05, 4.69) is 22.0 Å². The van der Waals surface area contributed by atoms with Gasteiger partial charge < -0.3 is 10.3 Å². The summed E-state index contributed by atoms with van der Waals surface area (Å²) in [5.41, 5.74) is 6.53. The number of hydrogen-bond acceptors (Lipinski definition) is 5. The molecule has 2 rings (SSSR count). The Bertz CT molecular complexity index is 483. The molecule has 0 aliphatic carbocycles. The summed E-state index contributed by atoms with van der Waals surface area (Å²) >= 11 is 0. The molecule has 5 nitrogen and oxygen atoms in total. The van der Waals surface area contributed by atoms with Gasteiger partial charge in [-0.1, -0.05) is 18.5 Å². The molecule has 0 saturated carbocycles. The van der Waals surface area contributed by atoms with Gasteiger partial charge in [0.1, 0.15) is 0 Å². The van der Waals surface area contributed by atoms with Crippen molar-refractivity contribution in [3.63, 3.8) is 0 Å². The van der Waals surface area contributed by atoms with Crippen LogP contribution in [0.15, 0.2) is 29.0 Å². The molecule has 102 valence electrons. The molecule has 5 heteroatoms. The Kier molecular flexibility index (Phi) is 5.03. The first-order valence-electron chi connectivity index (χ1n) is 6.76. The summed E-state index contributed by atoms with van der Waals surface area (Å²) in [6.07, 6.45) is 7.51. The smallest absolute Gasteiger partial charge is 0.226 e. The summed E-state index contributed by atoms with van der Waals surface area (Å²) in [5.74, 6) is 1.97. The van der Waals surface area contributed by atoms with Crippen LogP contribution in [0.2, 0.25) is 0 Å². The first kappa shape index (κ1) is 13.7. The highest BCUT2D eigenvalue weighted by Gasteiger charge is 2.11. The van der Waals surface area contributed by atoms with Crippen LogP contribution in [-0.4, -0.2) is 21.7 Å². The van der Waals surface area contributed by atoms with Crippen molar-refractivity contribution in [2.45, 2.75) is 32.6 Å². The molecule has 2 aromatic rings. The van der Waals surface area contributed by atoms with Crippen molar-refractivity contribution >= 4 is 0 Å². The summed E-state index contributed by atoms with van der Waals surface area (Å²) in [6, 6.07) is 3.75. The molecule has 0 bridgehead atoms. The van der Waals surface area contributed by atoms with E-state index in [9.17, 15) is 0 Å². The standard InChI is InChI=1S/C14H20N4O/c1-2-11(5-8-15)3-4-13-17-14(18-19-13)12-6-9-16-10-7-12/h6-7,9-11H,2-5,8,15H2,1H3. The van der Waals surface area contributed by atoms with E-state index in [4.69, 9.17) is 10.3 Å². The second-order valence-electron chi connectivity index (χ2n) is 4.64. The number of nitrogens with two attached hydrogens (primary N) is 1. The number of pyridine rings is 1. The number of nitrogens with zero attached hydrogens (tertiary/aromatic N) is 3. The zero-order valence-electron chi connectivity index (χ0n) is 11.2. The first-order chi connectivity index (χ1) is 9.33. The van der Waals surface area contributed by atoms with Gasteiger partial charge in [0.15, 0.2) is 0 Å². The van der Waals surface area contributed by atoms with Crippen LogP contribution in [-0.2, 0) is 6.42 Å². The number of aromatic nitrogens is 3. The van der Waals surface area contributed by atoms with Gasteiger partial charge in [-0.2, -0.15) is 4.98 Å². The normalized spacial score (nSPS) is 12.5. The van der Waals surface area contributed by atoms with Gasteiger partial charge in [0.25, 0.3) is 0 Å². The Balaban J connectivity index is 1.94. The van der Waals surface area contributed by atoms with E-state index in [1.807, 2.05) is 12.1 Å². The van der Waals surface area contributed by atoms with Gasteiger partial charge in [-0.3, -0.25) is 4.98 Å². The number of hydrogen-bond donors (Lipinski definition) is 1. The van der Waals surface area contributed by atoms with Gasteiger partial charge in [0.05, 0.1) is 0 Å². The van der Waals surface area contributed by atoms with E-state index < -0.39 is 0 Å². The molecule has 0 aliphatic heterocycles. The molecule has 1 atom stereocenters. The van der Waals surface area contributed by atoms with Crippen LogP contribution >= 0.6 is 0 Å². The zero-order chi connectivity index (χ0) is 13.5. The molecule has 2 N–H and O–H groups in total. The summed E-state index contributed by atoms with van der Waals surface area (Å²) < 4.78 is 5.28. The number of rotatable bonds is 7. The van der Waals surface area contributed by atoms with Gasteiger partial charge in [-0.15, -0.1) is 0 Å². The molecule has 0 radical (unpaired) electrons. The highest BCUT2D eigenvalue weighted by Crippen LogP contribution is 2.18. The van der Waals surface area contributed by atoms with Crippen LogP contribution in [0, 0.1) is 5.92 Å². The minimum Gasteiger partial charge on any atom is -0.339 e. The fourth-order valence-corrected chi connectivity index (χ4v) is 2.09. The number of aryl methyl sites for hydroxylation is 1. The van der Waals surface area contributed by atoms with Crippen molar-refractivity contribution in [3.8, 4) is 11.4 Å². The molecule has 2 aromatic heterocycles. The van der Waals surface area contributed by atoms with Crippen molar-refractivity contribution in [1.82, 2.24) is 15.1 Å². The summed E-state index contributed by atoms with van der Waals surface area (Å²) in [7, 11) is 0. The maximum Gasteiger partial charge on any atom is 0.226 e. The van der Waals surface area contributed by atoms with Crippen LogP contribution in [0.1, 0.15) is 32.1 Å². The van der Waals surface area contributed by atoms with E-state index in [1.165, 1.54) is 0 Å². The lowest BCUT2D eigenvalue weighted by Crippen LogP contribution is -2.09. The second-order valence-corrected chi connectivity index (χ2v) is 4.64. The lowest BCUT2D eigenvalue weighted by molar-refractivity contribution is 0.354. The Hall–Kier alpha value is -1.75. The van der Waals surface area contributed by atoms with Crippen molar-refractivity contribution in [1.29, 1.82) is 0 Å². The molecule has 19 heavy (non-hydrogen) atoms. The van der Waals surface area contributed by atoms with Gasteiger partial charge in [-0.25, -0.2) is 0 Å². The van der Waals surface area contributed by atoms with Gasteiger partial charge in [-0.05, 0) is 37.4 Å². The SMILES string of the molecule is CCC(CCN)CCc1nc(-c2ccncc2)no1. The van der Waals surface area contributed by atoms with Crippen molar-refractivity contribution in [2.24, 2.45) is 11.7 Å². The monoisotopic (exact) mass is 260 g/mol. The van der Waals surface area contributed by atoms with E-state index in [0.717, 1.165) is 37.8 Å². The first-order valence-corrected chi connectivity index (χ1v) is 6.76. The molecule has 2 heterocycles. The Morgan fingerprint density at radius 1 is 1.26 bits per heavy atom. The van der Waals surface area contributed by atoms with Gasteiger partial charge in [0.2, 0.25) is 11.7 Å². The third-order valence-electron chi connectivity index (χ3n) is 3.33. The molecule has 0 aromatic carbocycles. The highest BCUT2D eigenvalue weighted by molar-refractivity contribution is 5.52. The molecule has 0 fully saturated rings. The molecule has 0 aliphatic rings. The third kappa shape index (κ3) is 3.86. The summed E-state index contributed by atoms with van der Waals surface area (Å²) in [4.78, 5) is 8.38. The van der Waals surface area contributed by atoms with Crippen LogP contribution in [0.5, 0.6) is 0 Å². The van der Waals surface area contributed by atoms with Crippen molar-refractivity contribution < 1.29 is 4.52 Å². The topological polar surface area (TPSA) is 77.8 Å². The van der Waals surface area contributed by atoms with Crippen LogP contribution < -0.4 is 5.73 Å². The minimum atomic E-state index is 0.629. The third-order valence-corrected chi connectivity index (χ3v) is 3.33. The van der Waals surface area contributed by atoms with E-state index >= 15 is 0 Å². The Labute approximate surface area is 113 Å². The molecule has 0 amide bonds. The quantitative estimate of drug-likeness (QED) is 0.827. The fourth-order valence-electron chi connectivity index (χ4n) is 2.09. The van der Waals surface area contributed by atoms with Crippen LogP contribution in [0.3, 0.4) is 0 Å². The summed E-state index contributed by atoms with van der Waals surface area (Å²) in [5, 5.41) is 4.00. The largest absolute Gasteiger partial charge is 0.339 e. The average molecular weight is 260 g/mol. The van der Waals surface area contributed by atoms with Gasteiger partial charge >= 0.3 is 0 Å². The maximum absolute atomic E-state index is 5.60. The molecular formula is C14H20N4O. The maximum atomic E-state index is 5.60. The molecule has 0 spiro atoms. The second kappa shape index (κ2) is 6.99. The van der Waals surface area contributed by atoms with Crippen molar-refractivity contribution in [2.75, 3.05) is 6.54 Å².